The highest BCUT2D eigenvalue weighted by Crippen LogP contribution is 2.29. The predicted octanol–water partition coefficient (Wildman–Crippen LogP) is 2.22. The number of hydrogen-bond acceptors (Lipinski definition) is 5. The third-order valence-electron chi connectivity index (χ3n) is 4.05. The van der Waals surface area contributed by atoms with Crippen molar-refractivity contribution in [2.24, 2.45) is 0 Å². The maximum atomic E-state index is 12.2. The Morgan fingerprint density at radius 3 is 2.76 bits per heavy atom. The number of rotatable bonds is 5. The van der Waals surface area contributed by atoms with Crippen molar-refractivity contribution in [2.75, 3.05) is 20.8 Å². The third-order valence-corrected chi connectivity index (χ3v) is 4.05. The molecule has 0 fully saturated rings. The highest BCUT2D eigenvalue weighted by Gasteiger charge is 2.24. The minimum Gasteiger partial charge on any atom is -0.497 e. The molecule has 0 aliphatic carbocycles. The molecule has 0 aromatic heterocycles. The molecule has 130 valence electrons. The normalized spacial score (nSPS) is 15.0. The first-order chi connectivity index (χ1) is 12.1. The van der Waals surface area contributed by atoms with Crippen LogP contribution in [0.25, 0.3) is 0 Å². The molecule has 0 saturated heterocycles. The molecule has 6 nitrogen and oxygen atoms in total. The second kappa shape index (κ2) is 7.25. The van der Waals surface area contributed by atoms with Gasteiger partial charge in [0.2, 0.25) is 0 Å². The SMILES string of the molecule is COC(=O)c1ccc2c(c1)CC(CNC(=O)c1cccc(OC)c1)O2. The van der Waals surface area contributed by atoms with Crippen molar-refractivity contribution in [2.45, 2.75) is 12.5 Å². The van der Waals surface area contributed by atoms with Gasteiger partial charge in [-0.3, -0.25) is 4.79 Å². The van der Waals surface area contributed by atoms with E-state index in [1.807, 2.05) is 0 Å². The summed E-state index contributed by atoms with van der Waals surface area (Å²) in [7, 11) is 2.91. The number of amides is 1. The zero-order valence-electron chi connectivity index (χ0n) is 14.1. The van der Waals surface area contributed by atoms with Gasteiger partial charge in [0.15, 0.2) is 0 Å². The monoisotopic (exact) mass is 341 g/mol. The number of ether oxygens (including phenoxy) is 3. The maximum absolute atomic E-state index is 12.2. The average molecular weight is 341 g/mol. The van der Waals surface area contributed by atoms with Gasteiger partial charge in [0.25, 0.3) is 5.91 Å². The van der Waals surface area contributed by atoms with Crippen LogP contribution >= 0.6 is 0 Å². The summed E-state index contributed by atoms with van der Waals surface area (Å²) in [5, 5.41) is 2.86. The Kier molecular flexibility index (Phi) is 4.88. The van der Waals surface area contributed by atoms with Crippen LogP contribution < -0.4 is 14.8 Å². The summed E-state index contributed by atoms with van der Waals surface area (Å²) in [5.74, 6) is 0.798. The van der Waals surface area contributed by atoms with Crippen molar-refractivity contribution in [3.63, 3.8) is 0 Å². The van der Waals surface area contributed by atoms with Gasteiger partial charge in [0, 0.05) is 12.0 Å². The Balaban J connectivity index is 1.59. The lowest BCUT2D eigenvalue weighted by Gasteiger charge is -2.12. The molecule has 0 saturated carbocycles. The number of methoxy groups -OCH3 is 2. The number of nitrogens with one attached hydrogen (secondary N) is 1. The largest absolute Gasteiger partial charge is 0.497 e. The molecule has 2 aromatic carbocycles. The highest BCUT2D eigenvalue weighted by molar-refractivity contribution is 5.94. The number of esters is 1. The molecule has 1 aliphatic heterocycles. The number of hydrogen-bond donors (Lipinski definition) is 1. The summed E-state index contributed by atoms with van der Waals surface area (Å²) < 4.78 is 15.7. The van der Waals surface area contributed by atoms with E-state index in [2.05, 4.69) is 5.32 Å². The molecular formula is C19H19NO5. The Morgan fingerprint density at radius 2 is 2.00 bits per heavy atom. The van der Waals surface area contributed by atoms with E-state index in [1.54, 1.807) is 49.6 Å². The van der Waals surface area contributed by atoms with Crippen LogP contribution in [0.5, 0.6) is 11.5 Å². The molecule has 3 rings (SSSR count). The fraction of sp³-hybridized carbons (Fsp3) is 0.263. The van der Waals surface area contributed by atoms with E-state index in [9.17, 15) is 9.59 Å². The van der Waals surface area contributed by atoms with E-state index in [-0.39, 0.29) is 18.0 Å². The number of fused-ring (bicyclic) bond motifs is 1. The summed E-state index contributed by atoms with van der Waals surface area (Å²) in [4.78, 5) is 23.8. The molecular weight excluding hydrogens is 322 g/mol. The van der Waals surface area contributed by atoms with Gasteiger partial charge in [-0.15, -0.1) is 0 Å². The van der Waals surface area contributed by atoms with E-state index in [4.69, 9.17) is 14.2 Å². The fourth-order valence-corrected chi connectivity index (χ4v) is 2.75. The van der Waals surface area contributed by atoms with Gasteiger partial charge < -0.3 is 19.5 Å². The molecule has 25 heavy (non-hydrogen) atoms. The molecule has 1 N–H and O–H groups in total. The van der Waals surface area contributed by atoms with E-state index >= 15 is 0 Å². The predicted molar refractivity (Wildman–Crippen MR) is 91.2 cm³/mol. The van der Waals surface area contributed by atoms with Crippen LogP contribution in [-0.4, -0.2) is 38.7 Å². The van der Waals surface area contributed by atoms with E-state index in [0.29, 0.717) is 29.8 Å². The number of benzene rings is 2. The van der Waals surface area contributed by atoms with Crippen LogP contribution in [0, 0.1) is 0 Å². The summed E-state index contributed by atoms with van der Waals surface area (Å²) in [6.07, 6.45) is 0.455. The Morgan fingerprint density at radius 1 is 1.16 bits per heavy atom. The minimum atomic E-state index is -0.377. The zero-order valence-corrected chi connectivity index (χ0v) is 14.1. The third kappa shape index (κ3) is 3.74. The molecule has 1 amide bonds. The van der Waals surface area contributed by atoms with Crippen molar-refractivity contribution in [1.82, 2.24) is 5.32 Å². The number of carbonyl (C=O) groups excluding carboxylic acids is 2. The van der Waals surface area contributed by atoms with Crippen LogP contribution in [0.2, 0.25) is 0 Å². The Labute approximate surface area is 145 Å². The van der Waals surface area contributed by atoms with Gasteiger partial charge in [-0.1, -0.05) is 6.07 Å². The van der Waals surface area contributed by atoms with Gasteiger partial charge in [-0.05, 0) is 42.0 Å². The van der Waals surface area contributed by atoms with Crippen LogP contribution in [0.4, 0.5) is 0 Å². The lowest BCUT2D eigenvalue weighted by Crippen LogP contribution is -2.34. The molecule has 2 aromatic rings. The van der Waals surface area contributed by atoms with Gasteiger partial charge in [-0.25, -0.2) is 4.79 Å². The summed E-state index contributed by atoms with van der Waals surface area (Å²) in [6.45, 7) is 0.373. The van der Waals surface area contributed by atoms with Crippen molar-refractivity contribution >= 4 is 11.9 Å². The van der Waals surface area contributed by atoms with Crippen LogP contribution in [0.15, 0.2) is 42.5 Å². The Bertz CT molecular complexity index is 802. The zero-order chi connectivity index (χ0) is 17.8. The summed E-state index contributed by atoms with van der Waals surface area (Å²) in [5.41, 5.74) is 1.96. The molecule has 1 atom stereocenters. The molecule has 1 unspecified atom stereocenters. The topological polar surface area (TPSA) is 73.9 Å². The first kappa shape index (κ1) is 16.8. The molecule has 0 radical (unpaired) electrons. The number of carbonyl (C=O) groups is 2. The standard InChI is InChI=1S/C19H19NO5/c1-23-15-5-3-4-12(9-15)18(21)20-11-16-10-14-8-13(19(22)24-2)6-7-17(14)25-16/h3-9,16H,10-11H2,1-2H3,(H,20,21). The second-order valence-corrected chi connectivity index (χ2v) is 5.70. The quantitative estimate of drug-likeness (QED) is 0.844. The molecule has 1 aliphatic rings. The maximum Gasteiger partial charge on any atom is 0.337 e. The smallest absolute Gasteiger partial charge is 0.337 e. The highest BCUT2D eigenvalue weighted by atomic mass is 16.5. The van der Waals surface area contributed by atoms with E-state index in [1.165, 1.54) is 7.11 Å². The van der Waals surface area contributed by atoms with Crippen LogP contribution in [0.3, 0.4) is 0 Å². The molecule has 6 heteroatoms. The van der Waals surface area contributed by atoms with Gasteiger partial charge >= 0.3 is 5.97 Å². The first-order valence-electron chi connectivity index (χ1n) is 7.91. The van der Waals surface area contributed by atoms with Crippen LogP contribution in [-0.2, 0) is 11.2 Å². The van der Waals surface area contributed by atoms with Crippen molar-refractivity contribution in [1.29, 1.82) is 0 Å². The van der Waals surface area contributed by atoms with Gasteiger partial charge in [0.05, 0.1) is 26.3 Å². The van der Waals surface area contributed by atoms with Crippen LogP contribution in [0.1, 0.15) is 26.3 Å². The Hall–Kier alpha value is -3.02. The summed E-state index contributed by atoms with van der Waals surface area (Å²) in [6, 6.07) is 12.2. The lowest BCUT2D eigenvalue weighted by atomic mass is 10.1. The minimum absolute atomic E-state index is 0.169. The van der Waals surface area contributed by atoms with Crippen molar-refractivity contribution in [3.05, 3.63) is 59.2 Å². The molecule has 0 bridgehead atoms. The summed E-state index contributed by atoms with van der Waals surface area (Å²) >= 11 is 0. The molecule has 1 heterocycles. The van der Waals surface area contributed by atoms with E-state index in [0.717, 1.165) is 11.3 Å². The average Bonchev–Trinajstić information content (AvgIpc) is 3.07. The van der Waals surface area contributed by atoms with E-state index < -0.39 is 0 Å². The van der Waals surface area contributed by atoms with Gasteiger partial charge in [-0.2, -0.15) is 0 Å². The second-order valence-electron chi connectivity index (χ2n) is 5.70. The van der Waals surface area contributed by atoms with Crippen molar-refractivity contribution in [3.8, 4) is 11.5 Å². The van der Waals surface area contributed by atoms with Crippen molar-refractivity contribution < 1.29 is 23.8 Å². The molecule has 0 spiro atoms. The fourth-order valence-electron chi connectivity index (χ4n) is 2.75. The van der Waals surface area contributed by atoms with Gasteiger partial charge in [0.1, 0.15) is 17.6 Å². The lowest BCUT2D eigenvalue weighted by molar-refractivity contribution is 0.0600. The first-order valence-corrected chi connectivity index (χ1v) is 7.91.